The molecule has 0 saturated heterocycles. The van der Waals surface area contributed by atoms with Gasteiger partial charge in [0.15, 0.2) is 18.2 Å². The summed E-state index contributed by atoms with van der Waals surface area (Å²) in [5, 5.41) is 4.37. The summed E-state index contributed by atoms with van der Waals surface area (Å²) in [6, 6.07) is 11.8. The van der Waals surface area contributed by atoms with Crippen molar-refractivity contribution in [2.75, 3.05) is 23.1 Å². The first-order valence-electron chi connectivity index (χ1n) is 8.18. The first-order valence-corrected chi connectivity index (χ1v) is 9.31. The lowest BCUT2D eigenvalue weighted by molar-refractivity contribution is -0.122. The van der Waals surface area contributed by atoms with E-state index in [2.05, 4.69) is 26.1 Å². The molecule has 0 saturated carbocycles. The number of nitrogen functional groups attached to an aromatic ring is 1. The third-order valence-corrected chi connectivity index (χ3v) is 4.31. The van der Waals surface area contributed by atoms with Crippen molar-refractivity contribution >= 4 is 63.7 Å². The number of rotatable bonds is 7. The number of anilines is 4. The number of halogens is 3. The molecule has 3 rings (SSSR count). The number of aromatic nitrogens is 2. The van der Waals surface area contributed by atoms with Crippen LogP contribution >= 0.6 is 34.8 Å². The van der Waals surface area contributed by atoms with Gasteiger partial charge in [0.05, 0.1) is 5.02 Å². The molecule has 1 aromatic heterocycles. The van der Waals surface area contributed by atoms with Gasteiger partial charge in [-0.15, -0.1) is 0 Å². The number of hydrazine groups is 1. The first kappa shape index (κ1) is 20.8. The van der Waals surface area contributed by atoms with Crippen LogP contribution in [0.3, 0.4) is 0 Å². The van der Waals surface area contributed by atoms with E-state index in [0.29, 0.717) is 32.3 Å². The minimum atomic E-state index is -0.474. The Morgan fingerprint density at radius 3 is 2.55 bits per heavy atom. The third-order valence-electron chi connectivity index (χ3n) is 3.54. The Bertz CT molecular complexity index is 1030. The predicted octanol–water partition coefficient (Wildman–Crippen LogP) is 4.28. The molecule has 1 heterocycles. The van der Waals surface area contributed by atoms with Gasteiger partial charge < -0.3 is 15.8 Å². The lowest BCUT2D eigenvalue weighted by Crippen LogP contribution is -2.34. The molecule has 0 aliphatic heterocycles. The Kier molecular flexibility index (Phi) is 6.82. The topological polar surface area (TPSA) is 114 Å². The molecule has 0 aliphatic rings. The zero-order valence-corrected chi connectivity index (χ0v) is 17.0. The van der Waals surface area contributed by atoms with E-state index in [9.17, 15) is 4.79 Å². The number of hydrogen-bond donors (Lipinski definition) is 4. The smallest absolute Gasteiger partial charge is 0.276 e. The number of hydrogen-bond acceptors (Lipinski definition) is 7. The van der Waals surface area contributed by atoms with Gasteiger partial charge in [0, 0.05) is 15.7 Å². The fourth-order valence-electron chi connectivity index (χ4n) is 2.20. The van der Waals surface area contributed by atoms with Crippen LogP contribution in [0.25, 0.3) is 0 Å². The highest BCUT2D eigenvalue weighted by atomic mass is 35.5. The average molecular weight is 454 g/mol. The van der Waals surface area contributed by atoms with Gasteiger partial charge in [-0.3, -0.25) is 15.6 Å². The quantitative estimate of drug-likeness (QED) is 0.395. The van der Waals surface area contributed by atoms with Crippen LogP contribution in [0.4, 0.5) is 23.0 Å². The molecule has 150 valence electrons. The van der Waals surface area contributed by atoms with Crippen molar-refractivity contribution in [1.82, 2.24) is 15.4 Å². The standard InChI is InChI=1S/C18H15Cl3N6O2/c19-10-2-1-3-12(6-10)25-17-16(22)18(24-9-23-17)27-26-15(28)8-29-14-5-4-11(20)7-13(14)21/h1-7,9H,8,22H2,(H,26,28)(H2,23,24,25,27). The Balaban J connectivity index is 1.58. The molecule has 0 bridgehead atoms. The van der Waals surface area contributed by atoms with Crippen molar-refractivity contribution in [1.29, 1.82) is 0 Å². The summed E-state index contributed by atoms with van der Waals surface area (Å²) >= 11 is 17.8. The molecular formula is C18H15Cl3N6O2. The highest BCUT2D eigenvalue weighted by Crippen LogP contribution is 2.28. The maximum Gasteiger partial charge on any atom is 0.276 e. The first-order chi connectivity index (χ1) is 13.9. The van der Waals surface area contributed by atoms with E-state index in [0.717, 1.165) is 0 Å². The second-order valence-electron chi connectivity index (χ2n) is 5.66. The number of nitrogens with one attached hydrogen (secondary N) is 3. The number of amides is 1. The fourth-order valence-corrected chi connectivity index (χ4v) is 2.85. The van der Waals surface area contributed by atoms with Gasteiger partial charge in [-0.2, -0.15) is 0 Å². The number of carbonyl (C=O) groups excluding carboxylic acids is 1. The summed E-state index contributed by atoms with van der Waals surface area (Å²) in [4.78, 5) is 20.1. The molecule has 8 nitrogen and oxygen atoms in total. The number of carbonyl (C=O) groups is 1. The van der Waals surface area contributed by atoms with Crippen LogP contribution in [0.5, 0.6) is 5.75 Å². The normalized spacial score (nSPS) is 10.3. The van der Waals surface area contributed by atoms with E-state index < -0.39 is 5.91 Å². The molecule has 1 amide bonds. The number of benzene rings is 2. The van der Waals surface area contributed by atoms with Crippen molar-refractivity contribution in [3.05, 3.63) is 63.9 Å². The molecule has 0 fully saturated rings. The summed E-state index contributed by atoms with van der Waals surface area (Å²) in [6.07, 6.45) is 1.29. The van der Waals surface area contributed by atoms with Gasteiger partial charge in [-0.05, 0) is 36.4 Å². The van der Waals surface area contributed by atoms with Crippen molar-refractivity contribution in [2.45, 2.75) is 0 Å². The van der Waals surface area contributed by atoms with E-state index in [1.807, 2.05) is 6.07 Å². The molecular weight excluding hydrogens is 439 g/mol. The summed E-state index contributed by atoms with van der Waals surface area (Å²) in [7, 11) is 0. The van der Waals surface area contributed by atoms with Gasteiger partial charge >= 0.3 is 0 Å². The van der Waals surface area contributed by atoms with Crippen molar-refractivity contribution < 1.29 is 9.53 Å². The van der Waals surface area contributed by atoms with Crippen LogP contribution < -0.4 is 26.6 Å². The van der Waals surface area contributed by atoms with E-state index >= 15 is 0 Å². The maximum absolute atomic E-state index is 12.0. The van der Waals surface area contributed by atoms with Gasteiger partial charge in [-0.25, -0.2) is 9.97 Å². The largest absolute Gasteiger partial charge is 0.482 e. The molecule has 11 heteroatoms. The Morgan fingerprint density at radius 1 is 1.03 bits per heavy atom. The van der Waals surface area contributed by atoms with E-state index in [4.69, 9.17) is 45.3 Å². The number of nitrogens with zero attached hydrogens (tertiary/aromatic N) is 2. The summed E-state index contributed by atoms with van der Waals surface area (Å²) in [5.41, 5.74) is 12.0. The third kappa shape index (κ3) is 5.77. The van der Waals surface area contributed by atoms with E-state index in [1.165, 1.54) is 12.4 Å². The monoisotopic (exact) mass is 452 g/mol. The second kappa shape index (κ2) is 9.51. The number of ether oxygens (including phenoxy) is 1. The Morgan fingerprint density at radius 2 is 1.79 bits per heavy atom. The number of nitrogens with two attached hydrogens (primary N) is 1. The fraction of sp³-hybridized carbons (Fsp3) is 0.0556. The SMILES string of the molecule is Nc1c(NNC(=O)COc2ccc(Cl)cc2Cl)ncnc1Nc1cccc(Cl)c1. The Labute approximate surface area is 181 Å². The summed E-state index contributed by atoms with van der Waals surface area (Å²) < 4.78 is 5.35. The van der Waals surface area contributed by atoms with Crippen molar-refractivity contribution in [3.8, 4) is 5.75 Å². The molecule has 0 unspecified atom stereocenters. The van der Waals surface area contributed by atoms with Gasteiger partial charge in [0.25, 0.3) is 5.91 Å². The predicted molar refractivity (Wildman–Crippen MR) is 115 cm³/mol. The second-order valence-corrected chi connectivity index (χ2v) is 6.94. The van der Waals surface area contributed by atoms with Crippen LogP contribution in [0.2, 0.25) is 15.1 Å². The molecule has 0 atom stereocenters. The van der Waals surface area contributed by atoms with Crippen LogP contribution in [0.1, 0.15) is 0 Å². The van der Waals surface area contributed by atoms with Crippen molar-refractivity contribution in [3.63, 3.8) is 0 Å². The molecule has 2 aromatic carbocycles. The molecule has 0 aliphatic carbocycles. The van der Waals surface area contributed by atoms with Crippen LogP contribution in [-0.4, -0.2) is 22.5 Å². The summed E-state index contributed by atoms with van der Waals surface area (Å²) in [5.74, 6) is 0.421. The highest BCUT2D eigenvalue weighted by molar-refractivity contribution is 6.35. The molecule has 3 aromatic rings. The zero-order valence-electron chi connectivity index (χ0n) is 14.7. The molecule has 0 radical (unpaired) electrons. The average Bonchev–Trinajstić information content (AvgIpc) is 2.68. The highest BCUT2D eigenvalue weighted by Gasteiger charge is 2.11. The van der Waals surface area contributed by atoms with Crippen LogP contribution in [-0.2, 0) is 4.79 Å². The van der Waals surface area contributed by atoms with Gasteiger partial charge in [-0.1, -0.05) is 40.9 Å². The van der Waals surface area contributed by atoms with Crippen molar-refractivity contribution in [2.24, 2.45) is 0 Å². The lowest BCUT2D eigenvalue weighted by atomic mass is 10.3. The van der Waals surface area contributed by atoms with Gasteiger partial charge in [0.1, 0.15) is 17.8 Å². The minimum Gasteiger partial charge on any atom is -0.482 e. The van der Waals surface area contributed by atoms with Crippen LogP contribution in [0, 0.1) is 0 Å². The zero-order chi connectivity index (χ0) is 20.8. The Hall–Kier alpha value is -2.94. The minimum absolute atomic E-state index is 0.203. The maximum atomic E-state index is 12.0. The van der Waals surface area contributed by atoms with Gasteiger partial charge in [0.2, 0.25) is 0 Å². The summed E-state index contributed by atoms with van der Waals surface area (Å²) in [6.45, 7) is -0.285. The van der Waals surface area contributed by atoms with E-state index in [-0.39, 0.29) is 18.1 Å². The molecule has 0 spiro atoms. The molecule has 29 heavy (non-hydrogen) atoms. The molecule has 5 N–H and O–H groups in total. The lowest BCUT2D eigenvalue weighted by Gasteiger charge is -2.13. The van der Waals surface area contributed by atoms with E-state index in [1.54, 1.807) is 30.3 Å². The van der Waals surface area contributed by atoms with Crippen LogP contribution in [0.15, 0.2) is 48.8 Å².